The maximum atomic E-state index is 14.5. The minimum Gasteiger partial charge on any atom is -0.480 e. The summed E-state index contributed by atoms with van der Waals surface area (Å²) in [5.41, 5.74) is -1.87. The molecule has 0 radical (unpaired) electrons. The highest BCUT2D eigenvalue weighted by molar-refractivity contribution is 5.83. The number of alkyl halides is 4. The van der Waals surface area contributed by atoms with Crippen molar-refractivity contribution in [2.75, 3.05) is 0 Å². The molecule has 2 N–H and O–H groups in total. The predicted octanol–water partition coefficient (Wildman–Crippen LogP) is 3.12. The second-order valence-electron chi connectivity index (χ2n) is 7.62. The van der Waals surface area contributed by atoms with E-state index in [1.54, 1.807) is 0 Å². The molecule has 2 aliphatic rings. The Hall–Kier alpha value is -3.05. The number of carbonyl (C=O) groups is 2. The Labute approximate surface area is 170 Å². The maximum absolute atomic E-state index is 14.5. The number of halogens is 6. The number of nitrogens with zero attached hydrogens (tertiary/aromatic N) is 2. The summed E-state index contributed by atoms with van der Waals surface area (Å²) in [5.74, 6) is -9.78. The van der Waals surface area contributed by atoms with Crippen LogP contribution < -0.4 is 5.32 Å². The zero-order chi connectivity index (χ0) is 22.7. The molecule has 166 valence electrons. The number of aliphatic carboxylic acids is 1. The number of amides is 1. The quantitative estimate of drug-likeness (QED) is 0.639. The highest BCUT2D eigenvalue weighted by Gasteiger charge is 2.67. The molecule has 1 amide bonds. The number of rotatable bonds is 7. The van der Waals surface area contributed by atoms with Crippen molar-refractivity contribution in [3.05, 3.63) is 52.3 Å². The maximum Gasteiger partial charge on any atom is 0.326 e. The first-order valence-electron chi connectivity index (χ1n) is 9.23. The van der Waals surface area contributed by atoms with E-state index in [1.807, 2.05) is 0 Å². The summed E-state index contributed by atoms with van der Waals surface area (Å²) in [7, 11) is 0. The topological polar surface area (TPSA) is 84.2 Å². The van der Waals surface area contributed by atoms with Crippen LogP contribution in [0.25, 0.3) is 0 Å². The standard InChI is InChI=1S/C19H15F6N3O3/c20-8-1-7(2-9(21)4-8)3-12(18(30)31)26-13(29)6-28-16-14(15(27-28)17(22)23)10-5-11(10)19(16,24)25/h1-2,4,10-12,17H,3,5-6H2,(H,26,29)(H,30,31)/t10-,11+,12-/m0/s1. The Bertz CT molecular complexity index is 1050. The molecule has 0 unspecified atom stereocenters. The monoisotopic (exact) mass is 447 g/mol. The van der Waals surface area contributed by atoms with Gasteiger partial charge in [0.2, 0.25) is 5.91 Å². The number of hydrogen-bond donors (Lipinski definition) is 2. The number of carboxylic acids is 1. The smallest absolute Gasteiger partial charge is 0.326 e. The largest absolute Gasteiger partial charge is 0.480 e. The van der Waals surface area contributed by atoms with E-state index < -0.39 is 78.1 Å². The number of carbonyl (C=O) groups excluding carboxylic acids is 1. The van der Waals surface area contributed by atoms with E-state index in [1.165, 1.54) is 0 Å². The van der Waals surface area contributed by atoms with Gasteiger partial charge in [0, 0.05) is 24.0 Å². The molecular formula is C19H15F6N3O3. The highest BCUT2D eigenvalue weighted by atomic mass is 19.3. The van der Waals surface area contributed by atoms with E-state index in [0.29, 0.717) is 10.7 Å². The minimum absolute atomic E-state index is 0.0584. The van der Waals surface area contributed by atoms with Gasteiger partial charge in [-0.2, -0.15) is 13.9 Å². The third kappa shape index (κ3) is 3.74. The van der Waals surface area contributed by atoms with Gasteiger partial charge >= 0.3 is 5.97 Å². The molecule has 1 heterocycles. The van der Waals surface area contributed by atoms with E-state index in [9.17, 15) is 41.0 Å². The van der Waals surface area contributed by atoms with Crippen molar-refractivity contribution in [2.24, 2.45) is 5.92 Å². The summed E-state index contributed by atoms with van der Waals surface area (Å²) in [4.78, 5) is 23.8. The van der Waals surface area contributed by atoms with Gasteiger partial charge in [0.1, 0.15) is 35.6 Å². The van der Waals surface area contributed by atoms with Crippen molar-refractivity contribution >= 4 is 11.9 Å². The van der Waals surface area contributed by atoms with Crippen LogP contribution in [0, 0.1) is 17.6 Å². The van der Waals surface area contributed by atoms with Crippen LogP contribution in [-0.4, -0.2) is 32.8 Å². The van der Waals surface area contributed by atoms with Gasteiger partial charge in [-0.15, -0.1) is 0 Å². The Morgan fingerprint density at radius 2 is 1.87 bits per heavy atom. The molecular weight excluding hydrogens is 432 g/mol. The number of aromatic nitrogens is 2. The third-order valence-corrected chi connectivity index (χ3v) is 5.46. The van der Waals surface area contributed by atoms with Crippen molar-refractivity contribution in [1.82, 2.24) is 15.1 Å². The summed E-state index contributed by atoms with van der Waals surface area (Å²) in [6, 6.07) is 0.711. The summed E-state index contributed by atoms with van der Waals surface area (Å²) in [5, 5.41) is 14.8. The van der Waals surface area contributed by atoms with Crippen LogP contribution in [0.3, 0.4) is 0 Å². The van der Waals surface area contributed by atoms with Gasteiger partial charge in [0.25, 0.3) is 12.3 Å². The molecule has 2 aliphatic carbocycles. The lowest BCUT2D eigenvalue weighted by molar-refractivity contribution is -0.142. The van der Waals surface area contributed by atoms with Crippen molar-refractivity contribution in [1.29, 1.82) is 0 Å². The molecule has 12 heteroatoms. The highest BCUT2D eigenvalue weighted by Crippen LogP contribution is 2.68. The first-order valence-corrected chi connectivity index (χ1v) is 9.23. The van der Waals surface area contributed by atoms with E-state index in [0.717, 1.165) is 12.1 Å². The Balaban J connectivity index is 1.54. The summed E-state index contributed by atoms with van der Waals surface area (Å²) < 4.78 is 82.7. The molecule has 0 aliphatic heterocycles. The van der Waals surface area contributed by atoms with Crippen LogP contribution in [0.2, 0.25) is 0 Å². The van der Waals surface area contributed by atoms with Crippen LogP contribution in [0.1, 0.15) is 41.3 Å². The van der Waals surface area contributed by atoms with Gasteiger partial charge in [-0.1, -0.05) is 0 Å². The number of fused-ring (bicyclic) bond motifs is 3. The molecule has 0 spiro atoms. The third-order valence-electron chi connectivity index (χ3n) is 5.46. The van der Waals surface area contributed by atoms with E-state index in [4.69, 9.17) is 0 Å². The fourth-order valence-corrected chi connectivity index (χ4v) is 4.12. The first-order chi connectivity index (χ1) is 14.5. The van der Waals surface area contributed by atoms with Crippen LogP contribution in [0.4, 0.5) is 26.3 Å². The van der Waals surface area contributed by atoms with Crippen molar-refractivity contribution in [2.45, 2.75) is 43.7 Å². The average Bonchev–Trinajstić information content (AvgIpc) is 3.29. The predicted molar refractivity (Wildman–Crippen MR) is 91.6 cm³/mol. The molecule has 1 saturated carbocycles. The summed E-state index contributed by atoms with van der Waals surface area (Å²) in [6.45, 7) is -0.911. The number of hydrogen-bond acceptors (Lipinski definition) is 3. The SMILES string of the molecule is O=C(Cn1nc(C(F)F)c2c1C(F)(F)[C@@H]1C[C@H]21)N[C@@H](Cc1cc(F)cc(F)c1)C(=O)O. The van der Waals surface area contributed by atoms with Crippen LogP contribution >= 0.6 is 0 Å². The van der Waals surface area contributed by atoms with Crippen LogP contribution in [-0.2, 0) is 28.5 Å². The fraction of sp³-hybridized carbons (Fsp3) is 0.421. The second kappa shape index (κ2) is 7.27. The van der Waals surface area contributed by atoms with Gasteiger partial charge < -0.3 is 10.4 Å². The first kappa shape index (κ1) is 21.2. The number of benzene rings is 1. The Kier molecular flexibility index (Phi) is 4.97. The average molecular weight is 447 g/mol. The van der Waals surface area contributed by atoms with E-state index >= 15 is 0 Å². The van der Waals surface area contributed by atoms with Crippen molar-refractivity contribution < 1.29 is 41.0 Å². The molecule has 0 saturated heterocycles. The molecule has 1 aromatic carbocycles. The van der Waals surface area contributed by atoms with E-state index in [-0.39, 0.29) is 17.5 Å². The van der Waals surface area contributed by atoms with Crippen LogP contribution in [0.5, 0.6) is 0 Å². The zero-order valence-corrected chi connectivity index (χ0v) is 15.6. The molecule has 2 aromatic rings. The summed E-state index contributed by atoms with van der Waals surface area (Å²) >= 11 is 0. The van der Waals surface area contributed by atoms with Crippen LogP contribution in [0.15, 0.2) is 18.2 Å². The van der Waals surface area contributed by atoms with Gasteiger partial charge in [0.15, 0.2) is 0 Å². The number of carboxylic acid groups (broad SMARTS) is 1. The van der Waals surface area contributed by atoms with E-state index in [2.05, 4.69) is 10.4 Å². The molecule has 1 aromatic heterocycles. The van der Waals surface area contributed by atoms with Gasteiger partial charge in [0.05, 0.1) is 0 Å². The minimum atomic E-state index is -3.42. The Morgan fingerprint density at radius 1 is 1.23 bits per heavy atom. The van der Waals surface area contributed by atoms with Gasteiger partial charge in [-0.3, -0.25) is 9.48 Å². The lowest BCUT2D eigenvalue weighted by Crippen LogP contribution is -2.44. The molecule has 4 rings (SSSR count). The Morgan fingerprint density at radius 3 is 2.45 bits per heavy atom. The van der Waals surface area contributed by atoms with Crippen molar-refractivity contribution in [3.8, 4) is 0 Å². The van der Waals surface area contributed by atoms with Gasteiger partial charge in [-0.25, -0.2) is 22.4 Å². The second-order valence-corrected chi connectivity index (χ2v) is 7.62. The molecule has 1 fully saturated rings. The number of nitrogens with one attached hydrogen (secondary N) is 1. The zero-order valence-electron chi connectivity index (χ0n) is 15.6. The molecule has 0 bridgehead atoms. The normalized spacial score (nSPS) is 21.5. The summed E-state index contributed by atoms with van der Waals surface area (Å²) in [6.07, 6.45) is -3.54. The molecule has 6 nitrogen and oxygen atoms in total. The lowest BCUT2D eigenvalue weighted by atomic mass is 10.1. The fourth-order valence-electron chi connectivity index (χ4n) is 4.12. The van der Waals surface area contributed by atoms with Crippen molar-refractivity contribution in [3.63, 3.8) is 0 Å². The molecule has 31 heavy (non-hydrogen) atoms. The van der Waals surface area contributed by atoms with Gasteiger partial charge in [-0.05, 0) is 30.0 Å². The lowest BCUT2D eigenvalue weighted by Gasteiger charge is -2.17. The molecule has 3 atom stereocenters.